The van der Waals surface area contributed by atoms with Gasteiger partial charge in [0.1, 0.15) is 17.5 Å². The van der Waals surface area contributed by atoms with Gasteiger partial charge in [0.2, 0.25) is 0 Å². The van der Waals surface area contributed by atoms with Gasteiger partial charge in [-0.15, -0.1) is 0 Å². The van der Waals surface area contributed by atoms with Crippen LogP contribution in [0.1, 0.15) is 46.3 Å². The first kappa shape index (κ1) is 34.7. The van der Waals surface area contributed by atoms with Crippen LogP contribution in [0.5, 0.6) is 0 Å². The zero-order chi connectivity index (χ0) is 30.8. The number of rotatable bonds is 9. The van der Waals surface area contributed by atoms with Gasteiger partial charge in [0.15, 0.2) is 5.78 Å². The first-order valence-electron chi connectivity index (χ1n) is 10.8. The van der Waals surface area contributed by atoms with E-state index in [4.69, 9.17) is 11.6 Å². The molecule has 0 aliphatic rings. The summed E-state index contributed by atoms with van der Waals surface area (Å²) < 4.78 is 146. The molecule has 0 aliphatic heterocycles. The molecule has 0 N–H and O–H groups in total. The Labute approximate surface area is 245 Å². The predicted molar refractivity (Wildman–Crippen MR) is 138 cm³/mol. The average Bonchev–Trinajstić information content (AvgIpc) is 2.77. The second-order valence-electron chi connectivity index (χ2n) is 8.69. The van der Waals surface area contributed by atoms with Crippen molar-refractivity contribution in [2.75, 3.05) is 11.5 Å². The largest absolute Gasteiger partial charge is 0.417 e. The molecule has 3 atom stereocenters. The summed E-state index contributed by atoms with van der Waals surface area (Å²) in [4.78, 5) is 12.6. The van der Waals surface area contributed by atoms with Crippen molar-refractivity contribution in [1.82, 2.24) is 0 Å². The molecule has 0 aromatic heterocycles. The highest BCUT2D eigenvalue weighted by Gasteiger charge is 2.41. The van der Waals surface area contributed by atoms with E-state index in [-0.39, 0.29) is 26.1 Å². The van der Waals surface area contributed by atoms with Crippen LogP contribution in [0.25, 0.3) is 5.83 Å². The van der Waals surface area contributed by atoms with Gasteiger partial charge in [-0.25, -0.2) is 4.39 Å². The number of Topliss-reactive ketones (excluding diaryl/α,β-unsaturated/α-hetero) is 1. The number of halogens is 13. The number of ketones is 1. The molecule has 2 aromatic carbocycles. The number of hydrogen-bond acceptors (Lipinski definition) is 2. The maximum absolute atomic E-state index is 15.0. The SMILES string of the molecule is C[C@@H](CC(=O)c1ccc(/C(F)=C/C(c2cc(Br)c(Cl)c(Br)c2)C(F)(F)F)cc1C(F)(F)F)CS(=O)CC(F)(F)F. The van der Waals surface area contributed by atoms with Crippen molar-refractivity contribution < 1.29 is 52.9 Å². The summed E-state index contributed by atoms with van der Waals surface area (Å²) in [5, 5.41) is 0.0325. The van der Waals surface area contributed by atoms with Gasteiger partial charge >= 0.3 is 18.5 Å². The fourth-order valence-corrected chi connectivity index (χ4v) is 6.16. The third-order valence-electron chi connectivity index (χ3n) is 5.26. The summed E-state index contributed by atoms with van der Waals surface area (Å²) in [6.45, 7) is 1.22. The Morgan fingerprint density at radius 3 is 2.02 bits per heavy atom. The van der Waals surface area contributed by atoms with E-state index < -0.39 is 93.0 Å². The summed E-state index contributed by atoms with van der Waals surface area (Å²) in [5.74, 6) is -8.70. The van der Waals surface area contributed by atoms with Crippen LogP contribution >= 0.6 is 43.5 Å². The van der Waals surface area contributed by atoms with Gasteiger partial charge in [-0.2, -0.15) is 39.5 Å². The fourth-order valence-electron chi connectivity index (χ4n) is 3.59. The first-order valence-corrected chi connectivity index (χ1v) is 14.3. The van der Waals surface area contributed by atoms with Crippen molar-refractivity contribution in [1.29, 1.82) is 0 Å². The Morgan fingerprint density at radius 2 is 1.55 bits per heavy atom. The summed E-state index contributed by atoms with van der Waals surface area (Å²) in [5.41, 5.74) is -3.99. The normalized spacial score (nSPS) is 15.6. The Balaban J connectivity index is 2.44. The molecule has 0 bridgehead atoms. The number of alkyl halides is 9. The lowest BCUT2D eigenvalue weighted by molar-refractivity contribution is -0.140. The molecular formula is C24H17Br2ClF10O2S. The molecule has 2 rings (SSSR count). The molecule has 0 fully saturated rings. The molecule has 2 aromatic rings. The van der Waals surface area contributed by atoms with E-state index in [0.717, 1.165) is 12.1 Å². The van der Waals surface area contributed by atoms with Gasteiger partial charge in [-0.3, -0.25) is 9.00 Å². The monoisotopic (exact) mass is 752 g/mol. The van der Waals surface area contributed by atoms with E-state index in [2.05, 4.69) is 31.9 Å². The second kappa shape index (κ2) is 13.2. The molecule has 0 heterocycles. The number of allylic oxidation sites excluding steroid dienone is 1. The molecule has 0 saturated carbocycles. The first-order chi connectivity index (χ1) is 18.1. The van der Waals surface area contributed by atoms with E-state index in [1.165, 1.54) is 6.92 Å². The van der Waals surface area contributed by atoms with E-state index in [1.54, 1.807) is 0 Å². The molecule has 2 unspecified atom stereocenters. The van der Waals surface area contributed by atoms with E-state index in [9.17, 15) is 48.5 Å². The lowest BCUT2D eigenvalue weighted by Gasteiger charge is -2.19. The highest BCUT2D eigenvalue weighted by Crippen LogP contribution is 2.43. The summed E-state index contributed by atoms with van der Waals surface area (Å²) in [6.07, 6.45) is -15.7. The fraction of sp³-hybridized carbons (Fsp3) is 0.375. The van der Waals surface area contributed by atoms with Crippen LogP contribution < -0.4 is 0 Å². The minimum atomic E-state index is -5.24. The van der Waals surface area contributed by atoms with Gasteiger partial charge in [0.05, 0.1) is 10.6 Å². The van der Waals surface area contributed by atoms with Crippen LogP contribution in [0, 0.1) is 5.92 Å². The van der Waals surface area contributed by atoms with Crippen LogP contribution in [0.3, 0.4) is 0 Å². The maximum Gasteiger partial charge on any atom is 0.417 e. The van der Waals surface area contributed by atoms with Crippen molar-refractivity contribution in [3.63, 3.8) is 0 Å². The average molecular weight is 755 g/mol. The molecule has 0 spiro atoms. The van der Waals surface area contributed by atoms with Crippen LogP contribution in [0.2, 0.25) is 5.02 Å². The van der Waals surface area contributed by atoms with Crippen LogP contribution in [-0.4, -0.2) is 33.9 Å². The van der Waals surface area contributed by atoms with Crippen molar-refractivity contribution in [3.8, 4) is 0 Å². The quantitative estimate of drug-likeness (QED) is 0.145. The predicted octanol–water partition coefficient (Wildman–Crippen LogP) is 10.1. The van der Waals surface area contributed by atoms with Gasteiger partial charge in [-0.1, -0.05) is 30.7 Å². The molecule has 222 valence electrons. The second-order valence-corrected chi connectivity index (χ2v) is 12.3. The van der Waals surface area contributed by atoms with Crippen molar-refractivity contribution >= 4 is 65.9 Å². The summed E-state index contributed by atoms with van der Waals surface area (Å²) in [7, 11) is -2.42. The molecule has 0 amide bonds. The van der Waals surface area contributed by atoms with E-state index >= 15 is 4.39 Å². The maximum atomic E-state index is 15.0. The number of carbonyl (C=O) groups excluding carboxylic acids is 1. The lowest BCUT2D eigenvalue weighted by Crippen LogP contribution is -2.24. The molecule has 0 saturated heterocycles. The molecule has 40 heavy (non-hydrogen) atoms. The zero-order valence-electron chi connectivity index (χ0n) is 19.9. The Hall–Kier alpha value is -1.45. The number of carbonyl (C=O) groups is 1. The molecule has 0 radical (unpaired) electrons. The standard InChI is InChI=1S/C24H17Br2ClF10O2S/c1-11(9-40(39)10-22(29,30)31)4-20(38)14-3-2-12(5-16(14)24(35,36)37)19(28)8-15(23(32,33)34)13-6-17(25)21(27)18(26)7-13/h2-3,5-8,11,15H,4,9-10H2,1H3/b19-8-/t11-,15?,40?/m0/s1. The Morgan fingerprint density at radius 1 is 1.00 bits per heavy atom. The topological polar surface area (TPSA) is 34.1 Å². The number of benzene rings is 2. The van der Waals surface area contributed by atoms with E-state index in [1.807, 2.05) is 0 Å². The van der Waals surface area contributed by atoms with Gasteiger partial charge in [0.25, 0.3) is 0 Å². The van der Waals surface area contributed by atoms with Crippen LogP contribution in [-0.2, 0) is 17.0 Å². The summed E-state index contributed by atoms with van der Waals surface area (Å²) >= 11 is 11.8. The Kier molecular flexibility index (Phi) is 11.5. The minimum Gasteiger partial charge on any atom is -0.294 e. The highest BCUT2D eigenvalue weighted by molar-refractivity contribution is 9.11. The third kappa shape index (κ3) is 9.83. The lowest BCUT2D eigenvalue weighted by atomic mass is 9.93. The van der Waals surface area contributed by atoms with Crippen LogP contribution in [0.4, 0.5) is 43.9 Å². The zero-order valence-corrected chi connectivity index (χ0v) is 24.6. The van der Waals surface area contributed by atoms with Crippen molar-refractivity contribution in [2.45, 2.75) is 37.8 Å². The number of hydrogen-bond donors (Lipinski definition) is 0. The van der Waals surface area contributed by atoms with Gasteiger partial charge in [0, 0.05) is 43.0 Å². The van der Waals surface area contributed by atoms with Gasteiger partial charge < -0.3 is 0 Å². The summed E-state index contributed by atoms with van der Waals surface area (Å²) in [6, 6.07) is 3.38. The molecule has 16 heteroatoms. The highest BCUT2D eigenvalue weighted by atomic mass is 79.9. The minimum absolute atomic E-state index is 0.0325. The molecule has 2 nitrogen and oxygen atoms in total. The molecule has 0 aliphatic carbocycles. The van der Waals surface area contributed by atoms with E-state index in [0.29, 0.717) is 12.1 Å². The van der Waals surface area contributed by atoms with Crippen molar-refractivity contribution in [2.24, 2.45) is 5.92 Å². The smallest absolute Gasteiger partial charge is 0.294 e. The van der Waals surface area contributed by atoms with Gasteiger partial charge in [-0.05, 0) is 67.6 Å². The third-order valence-corrected chi connectivity index (χ3v) is 8.97. The van der Waals surface area contributed by atoms with Crippen LogP contribution in [0.15, 0.2) is 45.4 Å². The molecular weight excluding hydrogens is 738 g/mol. The Bertz CT molecular complexity index is 1280. The van der Waals surface area contributed by atoms with Crippen molar-refractivity contribution in [3.05, 3.63) is 72.6 Å².